The summed E-state index contributed by atoms with van der Waals surface area (Å²) in [6.45, 7) is 3.90. The number of ether oxygens (including phenoxy) is 1. The van der Waals surface area contributed by atoms with Crippen molar-refractivity contribution in [2.75, 3.05) is 0 Å². The van der Waals surface area contributed by atoms with Crippen LogP contribution >= 0.6 is 0 Å². The third-order valence-electron chi connectivity index (χ3n) is 3.78. The van der Waals surface area contributed by atoms with Crippen LogP contribution in [-0.4, -0.2) is 16.1 Å². The minimum Gasteiger partial charge on any atom is -0.452 e. The van der Waals surface area contributed by atoms with Gasteiger partial charge in [0.05, 0.1) is 0 Å². The summed E-state index contributed by atoms with van der Waals surface area (Å²) in [5.41, 5.74) is 4.00. The van der Waals surface area contributed by atoms with Crippen LogP contribution in [0.4, 0.5) is 0 Å². The summed E-state index contributed by atoms with van der Waals surface area (Å²) in [4.78, 5) is 16.1. The quantitative estimate of drug-likeness (QED) is 0.519. The molecule has 0 N–H and O–H groups in total. The van der Waals surface area contributed by atoms with Crippen molar-refractivity contribution in [2.45, 2.75) is 20.5 Å². The highest BCUT2D eigenvalue weighted by molar-refractivity contribution is 5.87. The molecular weight excluding hydrogens is 316 g/mol. The Hall–Kier alpha value is -3.21. The number of benzene rings is 2. The van der Waals surface area contributed by atoms with Gasteiger partial charge in [-0.25, -0.2) is 4.79 Å². The Balaban J connectivity index is 1.60. The molecule has 1 heterocycles. The van der Waals surface area contributed by atoms with E-state index in [2.05, 4.69) is 10.1 Å². The summed E-state index contributed by atoms with van der Waals surface area (Å²) in [5, 5.41) is 3.93. The van der Waals surface area contributed by atoms with Crippen LogP contribution in [0.25, 0.3) is 17.5 Å². The van der Waals surface area contributed by atoms with E-state index in [1.165, 1.54) is 6.08 Å². The topological polar surface area (TPSA) is 65.2 Å². The van der Waals surface area contributed by atoms with Gasteiger partial charge in [0, 0.05) is 11.6 Å². The maximum Gasteiger partial charge on any atom is 0.331 e. The van der Waals surface area contributed by atoms with Gasteiger partial charge in [0.1, 0.15) is 0 Å². The largest absolute Gasteiger partial charge is 0.452 e. The highest BCUT2D eigenvalue weighted by Crippen LogP contribution is 2.20. The first-order valence-electron chi connectivity index (χ1n) is 7.92. The Kier molecular flexibility index (Phi) is 5.04. The van der Waals surface area contributed by atoms with Crippen LogP contribution in [-0.2, 0) is 16.1 Å². The molecule has 0 bridgehead atoms. The lowest BCUT2D eigenvalue weighted by Gasteiger charge is -1.99. The molecule has 0 radical (unpaired) electrons. The van der Waals surface area contributed by atoms with Gasteiger partial charge in [-0.3, -0.25) is 0 Å². The van der Waals surface area contributed by atoms with Crippen molar-refractivity contribution in [2.24, 2.45) is 0 Å². The first kappa shape index (κ1) is 16.6. The van der Waals surface area contributed by atoms with Crippen LogP contribution in [0, 0.1) is 13.8 Å². The van der Waals surface area contributed by atoms with Crippen molar-refractivity contribution in [1.29, 1.82) is 0 Å². The molecule has 5 nitrogen and oxygen atoms in total. The Labute approximate surface area is 146 Å². The van der Waals surface area contributed by atoms with Crippen molar-refractivity contribution < 1.29 is 14.1 Å². The Morgan fingerprint density at radius 3 is 2.56 bits per heavy atom. The summed E-state index contributed by atoms with van der Waals surface area (Å²) in [7, 11) is 0. The minimum absolute atomic E-state index is 0.0597. The molecule has 0 atom stereocenters. The molecule has 0 aliphatic rings. The van der Waals surface area contributed by atoms with Crippen LogP contribution in [0.2, 0.25) is 0 Å². The van der Waals surface area contributed by atoms with Gasteiger partial charge in [-0.1, -0.05) is 53.7 Å². The van der Waals surface area contributed by atoms with E-state index in [4.69, 9.17) is 9.26 Å². The highest BCUT2D eigenvalue weighted by atomic mass is 16.6. The molecule has 2 aromatic carbocycles. The van der Waals surface area contributed by atoms with Gasteiger partial charge in [0.2, 0.25) is 5.82 Å². The van der Waals surface area contributed by atoms with Crippen LogP contribution in [0.1, 0.15) is 22.6 Å². The molecule has 0 fully saturated rings. The lowest BCUT2D eigenvalue weighted by molar-refractivity contribution is -0.139. The molecular formula is C20H18N2O3. The number of esters is 1. The minimum atomic E-state index is -0.459. The number of hydrogen-bond acceptors (Lipinski definition) is 5. The normalized spacial score (nSPS) is 11.0. The Morgan fingerprint density at radius 1 is 1.08 bits per heavy atom. The van der Waals surface area contributed by atoms with Crippen LogP contribution in [0.5, 0.6) is 0 Å². The van der Waals surface area contributed by atoms with Crippen LogP contribution < -0.4 is 0 Å². The monoisotopic (exact) mass is 334 g/mol. The van der Waals surface area contributed by atoms with Gasteiger partial charge < -0.3 is 9.26 Å². The van der Waals surface area contributed by atoms with E-state index in [0.29, 0.717) is 5.82 Å². The van der Waals surface area contributed by atoms with Gasteiger partial charge >= 0.3 is 5.97 Å². The zero-order chi connectivity index (χ0) is 17.6. The lowest BCUT2D eigenvalue weighted by atomic mass is 10.1. The van der Waals surface area contributed by atoms with Crippen molar-refractivity contribution in [1.82, 2.24) is 10.1 Å². The molecule has 25 heavy (non-hydrogen) atoms. The molecule has 3 aromatic rings. The van der Waals surface area contributed by atoms with Gasteiger partial charge in [-0.15, -0.1) is 0 Å². The second-order valence-electron chi connectivity index (χ2n) is 5.62. The fourth-order valence-electron chi connectivity index (χ4n) is 2.36. The smallest absolute Gasteiger partial charge is 0.331 e. The number of aromatic nitrogens is 2. The zero-order valence-electron chi connectivity index (χ0n) is 14.1. The number of rotatable bonds is 5. The maximum absolute atomic E-state index is 11.8. The van der Waals surface area contributed by atoms with E-state index in [1.54, 1.807) is 6.08 Å². The van der Waals surface area contributed by atoms with Crippen molar-refractivity contribution >= 4 is 12.0 Å². The summed E-state index contributed by atoms with van der Waals surface area (Å²) < 4.78 is 10.3. The molecule has 0 amide bonds. The number of carbonyl (C=O) groups excluding carboxylic acids is 1. The SMILES string of the molecule is Cc1ccccc1/C=C/C(=O)OCc1nc(-c2ccccc2C)no1. The standard InChI is InChI=1S/C20H18N2O3/c1-14-7-3-5-9-16(14)11-12-19(23)24-13-18-21-20(22-25-18)17-10-6-4-8-15(17)2/h3-12H,13H2,1-2H3/b12-11+. The molecule has 5 heteroatoms. The third-order valence-corrected chi connectivity index (χ3v) is 3.78. The first-order chi connectivity index (χ1) is 12.1. The molecule has 0 saturated heterocycles. The zero-order valence-corrected chi connectivity index (χ0v) is 14.1. The van der Waals surface area contributed by atoms with Gasteiger partial charge in [0.15, 0.2) is 6.61 Å². The lowest BCUT2D eigenvalue weighted by Crippen LogP contribution is -2.01. The number of aryl methyl sites for hydroxylation is 2. The molecule has 0 aliphatic heterocycles. The van der Waals surface area contributed by atoms with Crippen LogP contribution in [0.15, 0.2) is 59.1 Å². The van der Waals surface area contributed by atoms with E-state index in [9.17, 15) is 4.79 Å². The predicted octanol–water partition coefficient (Wildman–Crippen LogP) is 4.11. The van der Waals surface area contributed by atoms with Gasteiger partial charge in [-0.05, 0) is 36.6 Å². The summed E-state index contributed by atoms with van der Waals surface area (Å²) in [6, 6.07) is 15.5. The molecule has 3 rings (SSSR count). The number of carbonyl (C=O) groups is 1. The molecule has 0 saturated carbocycles. The second-order valence-corrected chi connectivity index (χ2v) is 5.62. The van der Waals surface area contributed by atoms with Crippen molar-refractivity contribution in [3.8, 4) is 11.4 Å². The maximum atomic E-state index is 11.8. The van der Waals surface area contributed by atoms with Crippen LogP contribution in [0.3, 0.4) is 0 Å². The van der Waals surface area contributed by atoms with Crippen molar-refractivity contribution in [3.05, 3.63) is 77.2 Å². The number of nitrogens with zero attached hydrogens (tertiary/aromatic N) is 2. The summed E-state index contributed by atoms with van der Waals surface area (Å²) >= 11 is 0. The average Bonchev–Trinajstić information content (AvgIpc) is 3.08. The first-order valence-corrected chi connectivity index (χ1v) is 7.92. The average molecular weight is 334 g/mol. The summed E-state index contributed by atoms with van der Waals surface area (Å²) in [5.74, 6) is 0.286. The second kappa shape index (κ2) is 7.57. The fraction of sp³-hybridized carbons (Fsp3) is 0.150. The molecule has 0 aliphatic carbocycles. The highest BCUT2D eigenvalue weighted by Gasteiger charge is 2.11. The van der Waals surface area contributed by atoms with E-state index in [0.717, 1.165) is 22.3 Å². The Morgan fingerprint density at radius 2 is 1.80 bits per heavy atom. The molecule has 1 aromatic heterocycles. The van der Waals surface area contributed by atoms with Gasteiger partial charge in [0.25, 0.3) is 5.89 Å². The van der Waals surface area contributed by atoms with E-state index < -0.39 is 5.97 Å². The number of hydrogen-bond donors (Lipinski definition) is 0. The summed E-state index contributed by atoms with van der Waals surface area (Å²) in [6.07, 6.45) is 3.12. The van der Waals surface area contributed by atoms with E-state index in [1.807, 2.05) is 62.4 Å². The molecule has 0 spiro atoms. The fourth-order valence-corrected chi connectivity index (χ4v) is 2.36. The molecule has 0 unspecified atom stereocenters. The van der Waals surface area contributed by atoms with Crippen molar-refractivity contribution in [3.63, 3.8) is 0 Å². The predicted molar refractivity (Wildman–Crippen MR) is 94.5 cm³/mol. The molecule has 126 valence electrons. The van der Waals surface area contributed by atoms with E-state index >= 15 is 0 Å². The Bertz CT molecular complexity index is 913. The van der Waals surface area contributed by atoms with E-state index in [-0.39, 0.29) is 12.5 Å². The third kappa shape index (κ3) is 4.20. The van der Waals surface area contributed by atoms with Gasteiger partial charge in [-0.2, -0.15) is 4.98 Å².